The number of carbonyl (C=O) groups excluding carboxylic acids is 1. The second-order valence-corrected chi connectivity index (χ2v) is 5.79. The molecule has 1 N–H and O–H groups in total. The molecule has 0 spiro atoms. The number of ether oxygens (including phenoxy) is 1. The molecule has 1 saturated heterocycles. The first kappa shape index (κ1) is 16.1. The molecule has 0 aromatic heterocycles. The number of carboxylic acids is 1. The van der Waals surface area contributed by atoms with Crippen LogP contribution >= 0.6 is 0 Å². The van der Waals surface area contributed by atoms with Gasteiger partial charge in [0.1, 0.15) is 17.5 Å². The first-order valence-electron chi connectivity index (χ1n) is 8.02. The fourth-order valence-corrected chi connectivity index (χ4v) is 2.89. The Morgan fingerprint density at radius 1 is 0.958 bits per heavy atom. The first-order valence-corrected chi connectivity index (χ1v) is 8.02. The highest BCUT2D eigenvalue weighted by molar-refractivity contribution is 5.96. The molecule has 1 aliphatic rings. The molecule has 1 atom stereocenters. The van der Waals surface area contributed by atoms with Crippen molar-refractivity contribution in [3.05, 3.63) is 60.2 Å². The zero-order valence-electron chi connectivity index (χ0n) is 13.2. The van der Waals surface area contributed by atoms with Crippen LogP contribution in [0.1, 0.15) is 29.6 Å². The average molecular weight is 325 g/mol. The highest BCUT2D eigenvalue weighted by Gasteiger charge is 2.32. The Balaban J connectivity index is 1.72. The van der Waals surface area contributed by atoms with Crippen molar-refractivity contribution < 1.29 is 19.4 Å². The third-order valence-corrected chi connectivity index (χ3v) is 4.13. The lowest BCUT2D eigenvalue weighted by atomic mass is 10.0. The van der Waals surface area contributed by atoms with Crippen LogP contribution in [0.15, 0.2) is 54.6 Å². The van der Waals surface area contributed by atoms with Crippen LogP contribution in [0.2, 0.25) is 0 Å². The number of piperidine rings is 1. The maximum atomic E-state index is 12.6. The van der Waals surface area contributed by atoms with Gasteiger partial charge in [-0.15, -0.1) is 0 Å². The molecule has 2 aromatic carbocycles. The van der Waals surface area contributed by atoms with E-state index in [0.29, 0.717) is 24.3 Å². The van der Waals surface area contributed by atoms with Gasteiger partial charge in [0, 0.05) is 12.1 Å². The quantitative estimate of drug-likeness (QED) is 0.933. The van der Waals surface area contributed by atoms with Crippen molar-refractivity contribution in [1.29, 1.82) is 0 Å². The summed E-state index contributed by atoms with van der Waals surface area (Å²) in [7, 11) is 0. The fourth-order valence-electron chi connectivity index (χ4n) is 2.89. The number of aliphatic carboxylic acids is 1. The van der Waals surface area contributed by atoms with Gasteiger partial charge >= 0.3 is 5.97 Å². The van der Waals surface area contributed by atoms with Gasteiger partial charge in [0.25, 0.3) is 5.91 Å². The summed E-state index contributed by atoms with van der Waals surface area (Å²) in [5.74, 6) is 0.171. The predicted molar refractivity (Wildman–Crippen MR) is 89.3 cm³/mol. The van der Waals surface area contributed by atoms with Gasteiger partial charge in [-0.1, -0.05) is 18.2 Å². The molecule has 0 radical (unpaired) electrons. The molecule has 3 rings (SSSR count). The number of carboxylic acid groups (broad SMARTS) is 1. The van der Waals surface area contributed by atoms with Crippen LogP contribution in [0.25, 0.3) is 0 Å². The van der Waals surface area contributed by atoms with Crippen molar-refractivity contribution in [2.75, 3.05) is 6.54 Å². The van der Waals surface area contributed by atoms with Crippen LogP contribution in [0, 0.1) is 0 Å². The summed E-state index contributed by atoms with van der Waals surface area (Å²) in [5.41, 5.74) is 0.476. The highest BCUT2D eigenvalue weighted by Crippen LogP contribution is 2.24. The van der Waals surface area contributed by atoms with Crippen LogP contribution in [-0.2, 0) is 4.79 Å². The van der Waals surface area contributed by atoms with E-state index in [-0.39, 0.29) is 5.91 Å². The van der Waals surface area contributed by atoms with Crippen molar-refractivity contribution in [3.8, 4) is 11.5 Å². The number of carbonyl (C=O) groups is 2. The second kappa shape index (κ2) is 7.17. The average Bonchev–Trinajstić information content (AvgIpc) is 2.62. The van der Waals surface area contributed by atoms with E-state index in [1.807, 2.05) is 30.3 Å². The molecule has 1 unspecified atom stereocenters. The minimum absolute atomic E-state index is 0.242. The molecule has 1 amide bonds. The summed E-state index contributed by atoms with van der Waals surface area (Å²) in [6, 6.07) is 15.4. The van der Waals surface area contributed by atoms with Crippen molar-refractivity contribution in [3.63, 3.8) is 0 Å². The third-order valence-electron chi connectivity index (χ3n) is 4.13. The van der Waals surface area contributed by atoms with Crippen molar-refractivity contribution in [2.24, 2.45) is 0 Å². The zero-order valence-corrected chi connectivity index (χ0v) is 13.2. The summed E-state index contributed by atoms with van der Waals surface area (Å²) in [4.78, 5) is 25.4. The van der Waals surface area contributed by atoms with Gasteiger partial charge in [-0.3, -0.25) is 4.79 Å². The molecule has 0 saturated carbocycles. The van der Waals surface area contributed by atoms with E-state index in [2.05, 4.69) is 0 Å². The molecule has 5 nitrogen and oxygen atoms in total. The van der Waals surface area contributed by atoms with Gasteiger partial charge in [-0.2, -0.15) is 0 Å². The summed E-state index contributed by atoms with van der Waals surface area (Å²) in [6.45, 7) is 0.484. The molecule has 5 heteroatoms. The van der Waals surface area contributed by atoms with E-state index >= 15 is 0 Å². The van der Waals surface area contributed by atoms with E-state index in [1.54, 1.807) is 24.3 Å². The van der Waals surface area contributed by atoms with E-state index < -0.39 is 12.0 Å². The van der Waals surface area contributed by atoms with Gasteiger partial charge in [0.05, 0.1) is 0 Å². The number of hydrogen-bond donors (Lipinski definition) is 1. The van der Waals surface area contributed by atoms with Gasteiger partial charge < -0.3 is 14.7 Å². The number of rotatable bonds is 4. The van der Waals surface area contributed by atoms with E-state index in [0.717, 1.165) is 18.6 Å². The topological polar surface area (TPSA) is 66.8 Å². The summed E-state index contributed by atoms with van der Waals surface area (Å²) in [6.07, 6.45) is 2.19. The zero-order chi connectivity index (χ0) is 16.9. The van der Waals surface area contributed by atoms with Crippen molar-refractivity contribution >= 4 is 11.9 Å². The fraction of sp³-hybridized carbons (Fsp3) is 0.263. The Morgan fingerprint density at radius 2 is 1.62 bits per heavy atom. The number of benzene rings is 2. The summed E-state index contributed by atoms with van der Waals surface area (Å²) < 4.78 is 5.70. The Morgan fingerprint density at radius 3 is 2.29 bits per heavy atom. The lowest BCUT2D eigenvalue weighted by Crippen LogP contribution is -2.47. The van der Waals surface area contributed by atoms with Crippen LogP contribution in [0.4, 0.5) is 0 Å². The molecule has 24 heavy (non-hydrogen) atoms. The lowest BCUT2D eigenvalue weighted by Gasteiger charge is -2.33. The Kier molecular flexibility index (Phi) is 4.79. The summed E-state index contributed by atoms with van der Waals surface area (Å²) >= 11 is 0. The lowest BCUT2D eigenvalue weighted by molar-refractivity contribution is -0.143. The molecule has 1 fully saturated rings. The van der Waals surface area contributed by atoms with E-state index in [1.165, 1.54) is 4.90 Å². The standard InChI is InChI=1S/C19H19NO4/c21-18(20-13-5-4-8-17(20)19(22)23)14-9-11-16(12-10-14)24-15-6-2-1-3-7-15/h1-3,6-7,9-12,17H,4-5,8,13H2,(H,22,23). The maximum Gasteiger partial charge on any atom is 0.326 e. The normalized spacial score (nSPS) is 17.3. The van der Waals surface area contributed by atoms with Gasteiger partial charge in [0.2, 0.25) is 0 Å². The minimum atomic E-state index is -0.938. The molecule has 0 bridgehead atoms. The number of likely N-dealkylation sites (tertiary alicyclic amines) is 1. The van der Waals surface area contributed by atoms with Gasteiger partial charge in [0.15, 0.2) is 0 Å². The summed E-state index contributed by atoms with van der Waals surface area (Å²) in [5, 5.41) is 9.30. The Bertz CT molecular complexity index is 712. The smallest absolute Gasteiger partial charge is 0.326 e. The number of nitrogens with zero attached hydrogens (tertiary/aromatic N) is 1. The van der Waals surface area contributed by atoms with Crippen molar-refractivity contribution in [2.45, 2.75) is 25.3 Å². The van der Waals surface area contributed by atoms with Gasteiger partial charge in [-0.05, 0) is 55.7 Å². The maximum absolute atomic E-state index is 12.6. The van der Waals surface area contributed by atoms with Crippen LogP contribution in [0.3, 0.4) is 0 Å². The second-order valence-electron chi connectivity index (χ2n) is 5.79. The van der Waals surface area contributed by atoms with Crippen LogP contribution < -0.4 is 4.74 Å². The minimum Gasteiger partial charge on any atom is -0.480 e. The van der Waals surface area contributed by atoms with Crippen LogP contribution in [0.5, 0.6) is 11.5 Å². The van der Waals surface area contributed by atoms with Gasteiger partial charge in [-0.25, -0.2) is 4.79 Å². The molecular weight excluding hydrogens is 306 g/mol. The first-order chi connectivity index (χ1) is 11.6. The van der Waals surface area contributed by atoms with Crippen LogP contribution in [-0.4, -0.2) is 34.5 Å². The molecule has 124 valence electrons. The monoisotopic (exact) mass is 325 g/mol. The van der Waals surface area contributed by atoms with E-state index in [9.17, 15) is 14.7 Å². The predicted octanol–water partition coefficient (Wildman–Crippen LogP) is 3.56. The highest BCUT2D eigenvalue weighted by atomic mass is 16.5. The SMILES string of the molecule is O=C(O)C1CCCCN1C(=O)c1ccc(Oc2ccccc2)cc1. The number of para-hydroxylation sites is 1. The third kappa shape index (κ3) is 3.56. The Labute approximate surface area is 140 Å². The molecule has 1 heterocycles. The largest absolute Gasteiger partial charge is 0.480 e. The molecular formula is C19H19NO4. The molecule has 1 aliphatic heterocycles. The van der Waals surface area contributed by atoms with Crippen molar-refractivity contribution in [1.82, 2.24) is 4.90 Å². The molecule has 0 aliphatic carbocycles. The molecule has 2 aromatic rings. The number of amides is 1. The Hall–Kier alpha value is -2.82. The number of hydrogen-bond acceptors (Lipinski definition) is 3. The van der Waals surface area contributed by atoms with E-state index in [4.69, 9.17) is 4.74 Å².